The summed E-state index contributed by atoms with van der Waals surface area (Å²) in [5.41, 5.74) is 0. The number of rotatable bonds is 5. The summed E-state index contributed by atoms with van der Waals surface area (Å²) in [5, 5.41) is 0.320. The van der Waals surface area contributed by atoms with E-state index in [4.69, 9.17) is 23.2 Å². The van der Waals surface area contributed by atoms with Crippen LogP contribution in [0.25, 0.3) is 0 Å². The Morgan fingerprint density at radius 1 is 1.53 bits per heavy atom. The number of sulfonamides is 1. The fourth-order valence-electron chi connectivity index (χ4n) is 1.32. The van der Waals surface area contributed by atoms with Crippen LogP contribution in [-0.4, -0.2) is 19.8 Å². The summed E-state index contributed by atoms with van der Waals surface area (Å²) in [6.45, 7) is 3.60. The summed E-state index contributed by atoms with van der Waals surface area (Å²) in [6, 6.07) is 1.21. The van der Waals surface area contributed by atoms with Gasteiger partial charge in [-0.15, -0.1) is 22.9 Å². The zero-order valence-corrected chi connectivity index (χ0v) is 13.9. The fraction of sp³-hybridized carbons (Fsp3) is 0.556. The quantitative estimate of drug-likeness (QED) is 0.788. The zero-order chi connectivity index (χ0) is 13.2. The highest BCUT2D eigenvalue weighted by Gasteiger charge is 2.21. The van der Waals surface area contributed by atoms with Gasteiger partial charge < -0.3 is 0 Å². The minimum atomic E-state index is -3.51. The molecule has 0 saturated carbocycles. The Balaban J connectivity index is 2.82. The van der Waals surface area contributed by atoms with Crippen LogP contribution >= 0.6 is 50.5 Å². The summed E-state index contributed by atoms with van der Waals surface area (Å²) >= 11 is 15.9. The van der Waals surface area contributed by atoms with Crippen LogP contribution in [0.5, 0.6) is 0 Å². The van der Waals surface area contributed by atoms with Crippen LogP contribution in [0.15, 0.2) is 14.1 Å². The highest BCUT2D eigenvalue weighted by molar-refractivity contribution is 9.11. The lowest BCUT2D eigenvalue weighted by Crippen LogP contribution is -2.33. The van der Waals surface area contributed by atoms with Gasteiger partial charge in [-0.05, 0) is 42.3 Å². The normalized spacial score (nSPS) is 15.8. The molecule has 0 radical (unpaired) electrons. The van der Waals surface area contributed by atoms with E-state index in [2.05, 4.69) is 20.7 Å². The van der Waals surface area contributed by atoms with Gasteiger partial charge in [0.25, 0.3) is 0 Å². The van der Waals surface area contributed by atoms with Gasteiger partial charge in [-0.1, -0.05) is 11.6 Å². The van der Waals surface area contributed by atoms with Crippen molar-refractivity contribution in [2.24, 2.45) is 0 Å². The third-order valence-electron chi connectivity index (χ3n) is 1.92. The second-order valence-corrected chi connectivity index (χ2v) is 9.19. The van der Waals surface area contributed by atoms with Crippen LogP contribution in [0.3, 0.4) is 0 Å². The molecular formula is C9H12BrCl2NO2S2. The van der Waals surface area contributed by atoms with Crippen LogP contribution in [0.4, 0.5) is 0 Å². The van der Waals surface area contributed by atoms with Gasteiger partial charge in [0.05, 0.1) is 8.81 Å². The van der Waals surface area contributed by atoms with Gasteiger partial charge in [0.2, 0.25) is 10.0 Å². The molecule has 1 aromatic rings. The first-order chi connectivity index (χ1) is 7.72. The Morgan fingerprint density at radius 3 is 2.53 bits per heavy atom. The van der Waals surface area contributed by atoms with Crippen molar-refractivity contribution in [3.8, 4) is 0 Å². The number of alkyl halides is 1. The van der Waals surface area contributed by atoms with E-state index in [1.165, 1.54) is 6.07 Å². The van der Waals surface area contributed by atoms with E-state index in [1.807, 2.05) is 6.92 Å². The molecule has 0 aromatic carbocycles. The summed E-state index contributed by atoms with van der Waals surface area (Å²) in [6.07, 6.45) is 0.570. The molecule has 0 spiro atoms. The molecule has 0 amide bonds. The summed E-state index contributed by atoms with van der Waals surface area (Å²) in [7, 11) is -3.51. The molecule has 0 aliphatic carbocycles. The summed E-state index contributed by atoms with van der Waals surface area (Å²) < 4.78 is 27.3. The van der Waals surface area contributed by atoms with Gasteiger partial charge in [-0.25, -0.2) is 13.1 Å². The van der Waals surface area contributed by atoms with Crippen molar-refractivity contribution >= 4 is 60.5 Å². The molecule has 0 aliphatic rings. The van der Waals surface area contributed by atoms with Crippen molar-refractivity contribution in [3.63, 3.8) is 0 Å². The fourth-order valence-corrected chi connectivity index (χ4v) is 5.26. The predicted molar refractivity (Wildman–Crippen MR) is 76.7 cm³/mol. The minimum Gasteiger partial charge on any atom is -0.208 e. The Kier molecular flexibility index (Phi) is 5.75. The van der Waals surface area contributed by atoms with Crippen LogP contribution in [0, 0.1) is 0 Å². The standard InChI is InChI=1S/C9H12BrCl2NO2S2/c1-5(11)3-6(2)13-17(14,15)8-4-7(12)9(10)16-8/h4-6,13H,3H2,1-2H3. The molecule has 1 aromatic heterocycles. The first-order valence-electron chi connectivity index (χ1n) is 4.83. The maximum absolute atomic E-state index is 12.0. The average Bonchev–Trinajstić information content (AvgIpc) is 2.44. The van der Waals surface area contributed by atoms with Crippen LogP contribution in [0.2, 0.25) is 5.02 Å². The molecule has 98 valence electrons. The summed E-state index contributed by atoms with van der Waals surface area (Å²) in [4.78, 5) is 0. The van der Waals surface area contributed by atoms with E-state index >= 15 is 0 Å². The van der Waals surface area contributed by atoms with Gasteiger partial charge in [-0.2, -0.15) is 0 Å². The van der Waals surface area contributed by atoms with E-state index in [9.17, 15) is 8.42 Å². The second-order valence-electron chi connectivity index (χ2n) is 3.73. The van der Waals surface area contributed by atoms with Gasteiger partial charge in [0, 0.05) is 11.4 Å². The molecule has 1 N–H and O–H groups in total. The van der Waals surface area contributed by atoms with Gasteiger partial charge in [0.15, 0.2) is 0 Å². The molecule has 2 atom stereocenters. The molecule has 0 aliphatic heterocycles. The second kappa shape index (κ2) is 6.21. The average molecular weight is 381 g/mol. The highest BCUT2D eigenvalue weighted by atomic mass is 79.9. The smallest absolute Gasteiger partial charge is 0.208 e. The van der Waals surface area contributed by atoms with Crippen molar-refractivity contribution in [3.05, 3.63) is 14.9 Å². The maximum Gasteiger partial charge on any atom is 0.250 e. The monoisotopic (exact) mass is 379 g/mol. The minimum absolute atomic E-state index is 0.0774. The molecule has 17 heavy (non-hydrogen) atoms. The van der Waals surface area contributed by atoms with E-state index in [-0.39, 0.29) is 15.6 Å². The Bertz CT molecular complexity index is 468. The predicted octanol–water partition coefficient (Wildman–Crippen LogP) is 3.85. The van der Waals surface area contributed by atoms with Gasteiger partial charge in [0.1, 0.15) is 4.21 Å². The van der Waals surface area contributed by atoms with Gasteiger partial charge in [-0.3, -0.25) is 0 Å². The molecule has 0 fully saturated rings. The van der Waals surface area contributed by atoms with Crippen LogP contribution in [0.1, 0.15) is 20.3 Å². The Hall–Kier alpha value is 0.670. The van der Waals surface area contributed by atoms with Crippen molar-refractivity contribution < 1.29 is 8.42 Å². The molecule has 1 rings (SSSR count). The SMILES string of the molecule is CC(Cl)CC(C)NS(=O)(=O)c1cc(Cl)c(Br)s1. The lowest BCUT2D eigenvalue weighted by atomic mass is 10.2. The Labute approximate surface area is 124 Å². The van der Waals surface area contributed by atoms with Crippen LogP contribution in [-0.2, 0) is 10.0 Å². The van der Waals surface area contributed by atoms with Gasteiger partial charge >= 0.3 is 0 Å². The molecule has 0 bridgehead atoms. The number of thiophene rings is 1. The molecule has 1 heterocycles. The number of hydrogen-bond donors (Lipinski definition) is 1. The number of hydrogen-bond acceptors (Lipinski definition) is 3. The first-order valence-corrected chi connectivity index (χ1v) is 8.74. The molecular weight excluding hydrogens is 369 g/mol. The highest BCUT2D eigenvalue weighted by Crippen LogP contribution is 2.34. The third-order valence-corrected chi connectivity index (χ3v) is 6.64. The molecule has 3 nitrogen and oxygen atoms in total. The van der Waals surface area contributed by atoms with E-state index in [0.29, 0.717) is 15.2 Å². The largest absolute Gasteiger partial charge is 0.250 e. The number of halogens is 3. The maximum atomic E-state index is 12.0. The topological polar surface area (TPSA) is 46.2 Å². The van der Waals surface area contributed by atoms with Crippen molar-refractivity contribution in [2.45, 2.75) is 35.9 Å². The van der Waals surface area contributed by atoms with E-state index < -0.39 is 10.0 Å². The third kappa shape index (κ3) is 4.69. The Morgan fingerprint density at radius 2 is 2.12 bits per heavy atom. The molecule has 8 heteroatoms. The van der Waals surface area contributed by atoms with E-state index in [1.54, 1.807) is 6.92 Å². The first kappa shape index (κ1) is 15.7. The lowest BCUT2D eigenvalue weighted by molar-refractivity contribution is 0.547. The van der Waals surface area contributed by atoms with Crippen molar-refractivity contribution in [2.75, 3.05) is 0 Å². The molecule has 2 unspecified atom stereocenters. The summed E-state index contributed by atoms with van der Waals surface area (Å²) in [5.74, 6) is 0. The van der Waals surface area contributed by atoms with Crippen molar-refractivity contribution in [1.29, 1.82) is 0 Å². The lowest BCUT2D eigenvalue weighted by Gasteiger charge is -2.14. The molecule has 0 saturated heterocycles. The van der Waals surface area contributed by atoms with Crippen LogP contribution < -0.4 is 4.72 Å². The van der Waals surface area contributed by atoms with E-state index in [0.717, 1.165) is 11.3 Å². The zero-order valence-electron chi connectivity index (χ0n) is 9.21. The number of nitrogens with one attached hydrogen (secondary N) is 1. The van der Waals surface area contributed by atoms with Crippen molar-refractivity contribution in [1.82, 2.24) is 4.72 Å².